The summed E-state index contributed by atoms with van der Waals surface area (Å²) in [6.07, 6.45) is -0.346. The topological polar surface area (TPSA) is 32.3 Å². The Balaban J connectivity index is 2.28. The first-order valence-electron chi connectivity index (χ1n) is 5.49. The lowest BCUT2D eigenvalue weighted by Crippen LogP contribution is -2.36. The number of hydrogen-bond donors (Lipinski definition) is 2. The number of aliphatic hydroxyl groups is 1. The van der Waals surface area contributed by atoms with Gasteiger partial charge in [0.2, 0.25) is 0 Å². The highest BCUT2D eigenvalue weighted by Gasteiger charge is 2.34. The maximum atomic E-state index is 10.3. The second kappa shape index (κ2) is 3.62. The van der Waals surface area contributed by atoms with E-state index in [2.05, 4.69) is 38.2 Å². The molecule has 0 radical (unpaired) electrons. The van der Waals surface area contributed by atoms with Crippen LogP contribution in [0.4, 0.5) is 0 Å². The van der Waals surface area contributed by atoms with Crippen LogP contribution in [0.5, 0.6) is 0 Å². The summed E-state index contributed by atoms with van der Waals surface area (Å²) in [5.41, 5.74) is 2.47. The molecule has 1 aliphatic heterocycles. The van der Waals surface area contributed by atoms with Crippen molar-refractivity contribution in [3.63, 3.8) is 0 Å². The molecule has 0 saturated heterocycles. The van der Waals surface area contributed by atoms with E-state index in [0.29, 0.717) is 0 Å². The van der Waals surface area contributed by atoms with Crippen molar-refractivity contribution in [2.45, 2.75) is 39.5 Å². The molecule has 1 aromatic carbocycles. The monoisotopic (exact) mass is 205 g/mol. The van der Waals surface area contributed by atoms with Crippen LogP contribution >= 0.6 is 0 Å². The molecule has 2 N–H and O–H groups in total. The van der Waals surface area contributed by atoms with Gasteiger partial charge in [0.05, 0.1) is 12.1 Å². The van der Waals surface area contributed by atoms with E-state index in [9.17, 15) is 5.11 Å². The van der Waals surface area contributed by atoms with Crippen LogP contribution in [0.25, 0.3) is 0 Å². The number of rotatable bonds is 1. The van der Waals surface area contributed by atoms with E-state index >= 15 is 0 Å². The van der Waals surface area contributed by atoms with Crippen molar-refractivity contribution < 1.29 is 5.11 Å². The van der Waals surface area contributed by atoms with Crippen molar-refractivity contribution in [1.82, 2.24) is 5.32 Å². The standard InChI is InChI=1S/C13H19NO/c1-13(2,3)12(15)11-10-7-5-4-6-9(10)8-14-11/h4-7,11-12,14-15H,8H2,1-3H3. The summed E-state index contributed by atoms with van der Waals surface area (Å²) < 4.78 is 0. The van der Waals surface area contributed by atoms with Crippen molar-refractivity contribution in [3.05, 3.63) is 35.4 Å². The zero-order valence-corrected chi connectivity index (χ0v) is 9.62. The first kappa shape index (κ1) is 10.7. The lowest BCUT2D eigenvalue weighted by Gasteiger charge is -2.31. The second-order valence-electron chi connectivity index (χ2n) is 5.37. The minimum absolute atomic E-state index is 0.0844. The normalized spacial score (nSPS) is 22.5. The molecule has 1 heterocycles. The van der Waals surface area contributed by atoms with E-state index in [1.807, 2.05) is 12.1 Å². The molecular formula is C13H19NO. The molecule has 1 aliphatic rings. The van der Waals surface area contributed by atoms with Gasteiger partial charge in [-0.1, -0.05) is 45.0 Å². The molecule has 0 aromatic heterocycles. The lowest BCUT2D eigenvalue weighted by atomic mass is 9.82. The number of benzene rings is 1. The molecule has 0 aliphatic carbocycles. The minimum Gasteiger partial charge on any atom is -0.391 e. The van der Waals surface area contributed by atoms with Gasteiger partial charge in [-0.2, -0.15) is 0 Å². The van der Waals surface area contributed by atoms with Crippen LogP contribution in [0.15, 0.2) is 24.3 Å². The third-order valence-corrected chi connectivity index (χ3v) is 3.11. The first-order chi connectivity index (χ1) is 7.00. The van der Waals surface area contributed by atoms with Crippen LogP contribution in [-0.2, 0) is 6.54 Å². The van der Waals surface area contributed by atoms with Gasteiger partial charge in [0.25, 0.3) is 0 Å². The summed E-state index contributed by atoms with van der Waals surface area (Å²) in [5, 5.41) is 13.6. The van der Waals surface area contributed by atoms with Crippen molar-refractivity contribution in [2.24, 2.45) is 5.41 Å². The molecule has 2 rings (SSSR count). The van der Waals surface area contributed by atoms with Crippen LogP contribution in [0.2, 0.25) is 0 Å². The summed E-state index contributed by atoms with van der Waals surface area (Å²) >= 11 is 0. The fraction of sp³-hybridized carbons (Fsp3) is 0.538. The highest BCUT2D eigenvalue weighted by Crippen LogP contribution is 2.34. The third kappa shape index (κ3) is 1.92. The van der Waals surface area contributed by atoms with Gasteiger partial charge in [-0.05, 0) is 16.5 Å². The van der Waals surface area contributed by atoms with Crippen molar-refractivity contribution in [1.29, 1.82) is 0 Å². The molecule has 0 fully saturated rings. The molecule has 15 heavy (non-hydrogen) atoms. The fourth-order valence-corrected chi connectivity index (χ4v) is 2.11. The molecule has 2 atom stereocenters. The maximum Gasteiger partial charge on any atom is 0.0783 e. The molecule has 2 unspecified atom stereocenters. The van der Waals surface area contributed by atoms with Gasteiger partial charge in [0, 0.05) is 6.54 Å². The number of nitrogens with one attached hydrogen (secondary N) is 1. The molecule has 82 valence electrons. The van der Waals surface area contributed by atoms with E-state index in [-0.39, 0.29) is 17.6 Å². The Labute approximate surface area is 91.3 Å². The Morgan fingerprint density at radius 2 is 2.00 bits per heavy atom. The minimum atomic E-state index is -0.346. The lowest BCUT2D eigenvalue weighted by molar-refractivity contribution is 0.0314. The largest absolute Gasteiger partial charge is 0.391 e. The quantitative estimate of drug-likeness (QED) is 0.737. The Bertz CT molecular complexity index is 354. The van der Waals surface area contributed by atoms with Gasteiger partial charge in [-0.3, -0.25) is 0 Å². The Morgan fingerprint density at radius 3 is 2.67 bits per heavy atom. The average Bonchev–Trinajstić information content (AvgIpc) is 2.58. The summed E-state index contributed by atoms with van der Waals surface area (Å²) in [6, 6.07) is 8.40. The fourth-order valence-electron chi connectivity index (χ4n) is 2.11. The predicted molar refractivity (Wildman–Crippen MR) is 61.5 cm³/mol. The third-order valence-electron chi connectivity index (χ3n) is 3.11. The Morgan fingerprint density at radius 1 is 1.33 bits per heavy atom. The average molecular weight is 205 g/mol. The molecule has 0 spiro atoms. The smallest absolute Gasteiger partial charge is 0.0783 e. The van der Waals surface area contributed by atoms with Crippen molar-refractivity contribution in [3.8, 4) is 0 Å². The van der Waals surface area contributed by atoms with Crippen molar-refractivity contribution >= 4 is 0 Å². The molecule has 2 nitrogen and oxygen atoms in total. The first-order valence-corrected chi connectivity index (χ1v) is 5.49. The van der Waals surface area contributed by atoms with E-state index in [1.54, 1.807) is 0 Å². The van der Waals surface area contributed by atoms with E-state index in [0.717, 1.165) is 6.54 Å². The zero-order valence-electron chi connectivity index (χ0n) is 9.62. The van der Waals surface area contributed by atoms with Crippen LogP contribution in [0.3, 0.4) is 0 Å². The predicted octanol–water partition coefficient (Wildman–Crippen LogP) is 2.24. The van der Waals surface area contributed by atoms with Gasteiger partial charge in [-0.15, -0.1) is 0 Å². The van der Waals surface area contributed by atoms with Crippen LogP contribution in [0, 0.1) is 5.41 Å². The van der Waals surface area contributed by atoms with E-state index in [4.69, 9.17) is 0 Å². The number of aliphatic hydroxyl groups excluding tert-OH is 1. The Kier molecular flexibility index (Phi) is 2.57. The summed E-state index contributed by atoms with van der Waals surface area (Å²) in [6.45, 7) is 7.08. The maximum absolute atomic E-state index is 10.3. The molecule has 0 amide bonds. The second-order valence-corrected chi connectivity index (χ2v) is 5.37. The van der Waals surface area contributed by atoms with Crippen LogP contribution in [0.1, 0.15) is 37.9 Å². The molecule has 2 heteroatoms. The van der Waals surface area contributed by atoms with Gasteiger partial charge in [0.15, 0.2) is 0 Å². The highest BCUT2D eigenvalue weighted by molar-refractivity contribution is 5.34. The molecule has 1 aromatic rings. The summed E-state index contributed by atoms with van der Waals surface area (Å²) in [7, 11) is 0. The van der Waals surface area contributed by atoms with Crippen molar-refractivity contribution in [2.75, 3.05) is 0 Å². The van der Waals surface area contributed by atoms with Crippen LogP contribution in [-0.4, -0.2) is 11.2 Å². The zero-order chi connectivity index (χ0) is 11.1. The molecule has 0 saturated carbocycles. The number of fused-ring (bicyclic) bond motifs is 1. The summed E-state index contributed by atoms with van der Waals surface area (Å²) in [4.78, 5) is 0. The molecule has 0 bridgehead atoms. The van der Waals surface area contributed by atoms with Gasteiger partial charge in [-0.25, -0.2) is 0 Å². The van der Waals surface area contributed by atoms with Gasteiger partial charge < -0.3 is 10.4 Å². The Hall–Kier alpha value is -0.860. The molecular weight excluding hydrogens is 186 g/mol. The van der Waals surface area contributed by atoms with Gasteiger partial charge >= 0.3 is 0 Å². The number of hydrogen-bond acceptors (Lipinski definition) is 2. The highest BCUT2D eigenvalue weighted by atomic mass is 16.3. The van der Waals surface area contributed by atoms with E-state index < -0.39 is 0 Å². The van der Waals surface area contributed by atoms with E-state index in [1.165, 1.54) is 11.1 Å². The SMILES string of the molecule is CC(C)(C)C(O)C1NCc2ccccc21. The summed E-state index contributed by atoms with van der Waals surface area (Å²) in [5.74, 6) is 0. The van der Waals surface area contributed by atoms with Crippen LogP contribution < -0.4 is 5.32 Å². The van der Waals surface area contributed by atoms with Gasteiger partial charge in [0.1, 0.15) is 0 Å².